The van der Waals surface area contributed by atoms with Gasteiger partial charge in [0.15, 0.2) is 5.13 Å². The predicted molar refractivity (Wildman–Crippen MR) is 125 cm³/mol. The average Bonchev–Trinajstić information content (AvgIpc) is 3.32. The van der Waals surface area contributed by atoms with Gasteiger partial charge in [-0.3, -0.25) is 14.5 Å². The molecule has 0 bridgehead atoms. The summed E-state index contributed by atoms with van der Waals surface area (Å²) in [5, 5.41) is 11.5. The normalized spacial score (nSPS) is 18.1. The average molecular weight is 491 g/mol. The van der Waals surface area contributed by atoms with Gasteiger partial charge < -0.3 is 5.11 Å². The molecule has 5 rings (SSSR count). The zero-order valence-electron chi connectivity index (χ0n) is 16.0. The number of aliphatic hydroxyl groups is 1. The molecule has 2 heterocycles. The zero-order valence-corrected chi connectivity index (χ0v) is 18.4. The molecule has 0 aliphatic carbocycles. The molecule has 1 amide bonds. The molecule has 1 atom stereocenters. The second-order valence-corrected chi connectivity index (χ2v) is 8.98. The van der Waals surface area contributed by atoms with Crippen molar-refractivity contribution in [1.29, 1.82) is 0 Å². The van der Waals surface area contributed by atoms with Gasteiger partial charge in [-0.05, 0) is 23.8 Å². The molecule has 5 nitrogen and oxygen atoms in total. The third-order valence-corrected chi connectivity index (χ3v) is 6.68. The molecule has 3 aromatic carbocycles. The maximum absolute atomic E-state index is 13.2. The standard InChI is InChI=1S/C24H15BrN2O3S/c25-16-11-12-18-17(13-16)26-24(31-18)27-20(14-7-3-1-4-8-14)19(22(29)23(27)30)21(28)15-9-5-2-6-10-15/h1-13,20,28H/b21-19-. The highest BCUT2D eigenvalue weighted by Crippen LogP contribution is 2.44. The van der Waals surface area contributed by atoms with Crippen LogP contribution in [0.15, 0.2) is 88.9 Å². The van der Waals surface area contributed by atoms with E-state index in [0.717, 1.165) is 20.3 Å². The van der Waals surface area contributed by atoms with Crippen molar-refractivity contribution in [3.63, 3.8) is 0 Å². The first-order valence-electron chi connectivity index (χ1n) is 9.52. The number of carbonyl (C=O) groups excluding carboxylic acids is 2. The van der Waals surface area contributed by atoms with E-state index in [1.54, 1.807) is 24.3 Å². The summed E-state index contributed by atoms with van der Waals surface area (Å²) in [6, 6.07) is 22.9. The molecule has 31 heavy (non-hydrogen) atoms. The van der Waals surface area contributed by atoms with Gasteiger partial charge in [-0.1, -0.05) is 87.9 Å². The number of thiazole rings is 1. The topological polar surface area (TPSA) is 70.5 Å². The highest BCUT2D eigenvalue weighted by molar-refractivity contribution is 9.10. The molecule has 4 aromatic rings. The third-order valence-electron chi connectivity index (χ3n) is 5.15. The van der Waals surface area contributed by atoms with Gasteiger partial charge in [0.1, 0.15) is 5.76 Å². The molecule has 0 saturated carbocycles. The highest BCUT2D eigenvalue weighted by Gasteiger charge is 2.48. The maximum atomic E-state index is 13.2. The number of halogens is 1. The molecule has 1 aliphatic rings. The van der Waals surface area contributed by atoms with Gasteiger partial charge in [0.25, 0.3) is 5.78 Å². The fourth-order valence-electron chi connectivity index (χ4n) is 3.72. The minimum Gasteiger partial charge on any atom is -0.507 e. The largest absolute Gasteiger partial charge is 0.507 e. The molecular formula is C24H15BrN2O3S. The molecule has 1 aromatic heterocycles. The summed E-state index contributed by atoms with van der Waals surface area (Å²) in [5.74, 6) is -1.63. The van der Waals surface area contributed by atoms with Crippen molar-refractivity contribution < 1.29 is 14.7 Å². The lowest BCUT2D eigenvalue weighted by molar-refractivity contribution is -0.132. The van der Waals surface area contributed by atoms with Crippen LogP contribution in [-0.4, -0.2) is 21.8 Å². The molecule has 1 fully saturated rings. The van der Waals surface area contributed by atoms with Gasteiger partial charge in [0.05, 0.1) is 21.8 Å². The first-order valence-corrected chi connectivity index (χ1v) is 11.1. The number of nitrogens with zero attached hydrogens (tertiary/aromatic N) is 2. The van der Waals surface area contributed by atoms with Crippen molar-refractivity contribution in [2.45, 2.75) is 6.04 Å². The van der Waals surface area contributed by atoms with Gasteiger partial charge >= 0.3 is 5.91 Å². The lowest BCUT2D eigenvalue weighted by Crippen LogP contribution is -2.29. The van der Waals surface area contributed by atoms with Crippen LogP contribution in [0.25, 0.3) is 16.0 Å². The van der Waals surface area contributed by atoms with Crippen molar-refractivity contribution in [3.8, 4) is 0 Å². The Morgan fingerprint density at radius 2 is 1.65 bits per heavy atom. The van der Waals surface area contributed by atoms with Crippen molar-refractivity contribution >= 4 is 60.1 Å². The number of Topliss-reactive ketones (excluding diaryl/α,β-unsaturated/α-hetero) is 1. The first-order chi connectivity index (χ1) is 15.0. The van der Waals surface area contributed by atoms with E-state index in [4.69, 9.17) is 0 Å². The quantitative estimate of drug-likeness (QED) is 0.227. The number of ketones is 1. The Bertz CT molecular complexity index is 1350. The highest BCUT2D eigenvalue weighted by atomic mass is 79.9. The summed E-state index contributed by atoms with van der Waals surface area (Å²) in [4.78, 5) is 32.3. The number of aliphatic hydroxyl groups excluding tert-OH is 1. The van der Waals surface area contributed by atoms with E-state index in [9.17, 15) is 14.7 Å². The molecule has 0 spiro atoms. The SMILES string of the molecule is O=C1C(=O)N(c2nc3cc(Br)ccc3s2)C(c2ccccc2)/C1=C(/O)c1ccccc1. The van der Waals surface area contributed by atoms with Crippen LogP contribution in [0.5, 0.6) is 0 Å². The maximum Gasteiger partial charge on any atom is 0.301 e. The monoisotopic (exact) mass is 490 g/mol. The van der Waals surface area contributed by atoms with E-state index in [-0.39, 0.29) is 11.3 Å². The van der Waals surface area contributed by atoms with Crippen LogP contribution in [0.2, 0.25) is 0 Å². The summed E-state index contributed by atoms with van der Waals surface area (Å²) < 4.78 is 1.78. The number of benzene rings is 3. The van der Waals surface area contributed by atoms with Crippen molar-refractivity contribution in [2.24, 2.45) is 0 Å². The van der Waals surface area contributed by atoms with Crippen molar-refractivity contribution in [3.05, 3.63) is 100 Å². The van der Waals surface area contributed by atoms with Crippen LogP contribution in [0.3, 0.4) is 0 Å². The van der Waals surface area contributed by atoms with Crippen LogP contribution in [0, 0.1) is 0 Å². The van der Waals surface area contributed by atoms with Gasteiger partial charge in [-0.2, -0.15) is 0 Å². The summed E-state index contributed by atoms with van der Waals surface area (Å²) in [7, 11) is 0. The van der Waals surface area contributed by atoms with Crippen molar-refractivity contribution in [1.82, 2.24) is 4.98 Å². The summed E-state index contributed by atoms with van der Waals surface area (Å²) >= 11 is 4.77. The summed E-state index contributed by atoms with van der Waals surface area (Å²) in [6.45, 7) is 0. The lowest BCUT2D eigenvalue weighted by atomic mass is 9.95. The Hall–Kier alpha value is -3.29. The Morgan fingerprint density at radius 3 is 2.35 bits per heavy atom. The van der Waals surface area contributed by atoms with Crippen molar-refractivity contribution in [2.75, 3.05) is 4.90 Å². The Balaban J connectivity index is 1.73. The number of amides is 1. The second kappa shape index (κ2) is 7.76. The van der Waals surface area contributed by atoms with Crippen LogP contribution in [-0.2, 0) is 9.59 Å². The molecule has 0 radical (unpaired) electrons. The van der Waals surface area contributed by atoms with E-state index in [1.165, 1.54) is 16.2 Å². The van der Waals surface area contributed by atoms with Crippen LogP contribution < -0.4 is 4.90 Å². The van der Waals surface area contributed by atoms with Gasteiger partial charge in [-0.25, -0.2) is 4.98 Å². The minimum atomic E-state index is -0.773. The Labute approximate surface area is 190 Å². The van der Waals surface area contributed by atoms with Gasteiger partial charge in [-0.15, -0.1) is 0 Å². The van der Waals surface area contributed by atoms with Gasteiger partial charge in [0, 0.05) is 10.0 Å². The molecule has 7 heteroatoms. The van der Waals surface area contributed by atoms with E-state index in [2.05, 4.69) is 20.9 Å². The number of anilines is 1. The molecule has 1 unspecified atom stereocenters. The molecule has 1 N–H and O–H groups in total. The molecule has 1 saturated heterocycles. The minimum absolute atomic E-state index is 0.0582. The smallest absolute Gasteiger partial charge is 0.301 e. The summed E-state index contributed by atoms with van der Waals surface area (Å²) in [5.41, 5.74) is 1.99. The van der Waals surface area contributed by atoms with Gasteiger partial charge in [0.2, 0.25) is 0 Å². The molecule has 152 valence electrons. The second-order valence-electron chi connectivity index (χ2n) is 7.05. The number of aromatic nitrogens is 1. The number of fused-ring (bicyclic) bond motifs is 1. The van der Waals surface area contributed by atoms with Crippen LogP contribution >= 0.6 is 27.3 Å². The van der Waals surface area contributed by atoms with E-state index in [1.807, 2.05) is 54.6 Å². The Morgan fingerprint density at radius 1 is 0.968 bits per heavy atom. The van der Waals surface area contributed by atoms with Crippen LogP contribution in [0.1, 0.15) is 17.2 Å². The third kappa shape index (κ3) is 3.36. The van der Waals surface area contributed by atoms with E-state index >= 15 is 0 Å². The fraction of sp³-hybridized carbons (Fsp3) is 0.0417. The number of hydrogen-bond acceptors (Lipinski definition) is 5. The number of hydrogen-bond donors (Lipinski definition) is 1. The lowest BCUT2D eigenvalue weighted by Gasteiger charge is -2.22. The number of rotatable bonds is 3. The van der Waals surface area contributed by atoms with E-state index in [0.29, 0.717) is 10.7 Å². The molecule has 1 aliphatic heterocycles. The summed E-state index contributed by atoms with van der Waals surface area (Å²) in [6.07, 6.45) is 0. The zero-order chi connectivity index (χ0) is 21.5. The molecular weight excluding hydrogens is 476 g/mol. The fourth-order valence-corrected chi connectivity index (χ4v) is 5.05. The van der Waals surface area contributed by atoms with Crippen LogP contribution in [0.4, 0.5) is 5.13 Å². The number of carbonyl (C=O) groups is 2. The first kappa shape index (κ1) is 19.7. The predicted octanol–water partition coefficient (Wildman–Crippen LogP) is 5.69. The van der Waals surface area contributed by atoms with E-state index < -0.39 is 17.7 Å². The Kier molecular flexibility index (Phi) is 4.92.